The first-order chi connectivity index (χ1) is 12.0. The van der Waals surface area contributed by atoms with E-state index in [-0.39, 0.29) is 17.3 Å². The molecular formula is C17H27N5O3. The molecule has 2 fully saturated rings. The second-order valence-corrected chi connectivity index (χ2v) is 6.96. The second kappa shape index (κ2) is 7.43. The third-order valence-electron chi connectivity index (χ3n) is 5.21. The molecule has 1 aromatic heterocycles. The van der Waals surface area contributed by atoms with Crippen molar-refractivity contribution in [2.75, 3.05) is 57.6 Å². The second-order valence-electron chi connectivity index (χ2n) is 6.96. The topological polar surface area (TPSA) is 93.8 Å². The average Bonchev–Trinajstić information content (AvgIpc) is 2.62. The Hall–Kier alpha value is -2.09. The lowest BCUT2D eigenvalue weighted by Gasteiger charge is -2.48. The summed E-state index contributed by atoms with van der Waals surface area (Å²) >= 11 is 0. The van der Waals surface area contributed by atoms with Crippen LogP contribution in [0.4, 0.5) is 11.8 Å². The van der Waals surface area contributed by atoms with E-state index in [0.29, 0.717) is 25.5 Å². The normalized spacial score (nSPS) is 24.0. The number of hydrogen-bond donors (Lipinski definition) is 1. The zero-order chi connectivity index (χ0) is 17.9. The van der Waals surface area contributed by atoms with E-state index in [1.807, 2.05) is 11.0 Å². The van der Waals surface area contributed by atoms with E-state index >= 15 is 0 Å². The molecule has 0 saturated carbocycles. The van der Waals surface area contributed by atoms with Gasteiger partial charge >= 0.3 is 0 Å². The van der Waals surface area contributed by atoms with Gasteiger partial charge in [-0.15, -0.1) is 0 Å². The average molecular weight is 349 g/mol. The molecule has 2 N–H and O–H groups in total. The van der Waals surface area contributed by atoms with Crippen LogP contribution in [-0.4, -0.2) is 67.8 Å². The largest absolute Gasteiger partial charge is 0.481 e. The highest BCUT2D eigenvalue weighted by atomic mass is 16.5. The van der Waals surface area contributed by atoms with Crippen LogP contribution in [0.1, 0.15) is 25.7 Å². The predicted molar refractivity (Wildman–Crippen MR) is 94.6 cm³/mol. The fourth-order valence-electron chi connectivity index (χ4n) is 3.94. The van der Waals surface area contributed by atoms with Gasteiger partial charge in [0.15, 0.2) is 0 Å². The summed E-state index contributed by atoms with van der Waals surface area (Å²) in [6.45, 7) is 3.80. The van der Waals surface area contributed by atoms with Crippen LogP contribution in [0.25, 0.3) is 0 Å². The highest BCUT2D eigenvalue weighted by molar-refractivity contribution is 5.77. The summed E-state index contributed by atoms with van der Waals surface area (Å²) in [7, 11) is 3.24. The number of nitrogen functional groups attached to an aromatic ring is 1. The monoisotopic (exact) mass is 349 g/mol. The molecule has 138 valence electrons. The molecule has 2 aliphatic rings. The van der Waals surface area contributed by atoms with E-state index < -0.39 is 0 Å². The molecule has 8 heteroatoms. The number of anilines is 2. The number of aromatic nitrogens is 2. The minimum atomic E-state index is 0.104. The van der Waals surface area contributed by atoms with Crippen molar-refractivity contribution in [2.45, 2.75) is 25.7 Å². The summed E-state index contributed by atoms with van der Waals surface area (Å²) in [5.41, 5.74) is 5.92. The van der Waals surface area contributed by atoms with Crippen LogP contribution in [-0.2, 0) is 9.53 Å². The van der Waals surface area contributed by atoms with E-state index in [1.165, 1.54) is 0 Å². The quantitative estimate of drug-likeness (QED) is 0.845. The van der Waals surface area contributed by atoms with Gasteiger partial charge in [0, 0.05) is 51.2 Å². The fourth-order valence-corrected chi connectivity index (χ4v) is 3.94. The van der Waals surface area contributed by atoms with Crippen molar-refractivity contribution in [2.24, 2.45) is 5.41 Å². The lowest BCUT2D eigenvalue weighted by atomic mass is 9.73. The van der Waals surface area contributed by atoms with Crippen molar-refractivity contribution in [3.05, 3.63) is 6.07 Å². The number of nitrogens with two attached hydrogens (primary N) is 1. The molecular weight excluding hydrogens is 322 g/mol. The number of carbonyl (C=O) groups excluding carboxylic acids is 1. The molecule has 8 nitrogen and oxygen atoms in total. The van der Waals surface area contributed by atoms with E-state index in [2.05, 4.69) is 14.9 Å². The Morgan fingerprint density at radius 1 is 1.28 bits per heavy atom. The zero-order valence-corrected chi connectivity index (χ0v) is 15.0. The van der Waals surface area contributed by atoms with Crippen LogP contribution in [0.3, 0.4) is 0 Å². The van der Waals surface area contributed by atoms with Crippen molar-refractivity contribution in [1.29, 1.82) is 0 Å². The number of amides is 1. The fraction of sp³-hybridized carbons (Fsp3) is 0.706. The molecule has 1 amide bonds. The first-order valence-corrected chi connectivity index (χ1v) is 8.75. The van der Waals surface area contributed by atoms with Gasteiger partial charge in [0.25, 0.3) is 0 Å². The van der Waals surface area contributed by atoms with E-state index in [9.17, 15) is 4.79 Å². The van der Waals surface area contributed by atoms with Crippen LogP contribution < -0.4 is 15.4 Å². The van der Waals surface area contributed by atoms with Crippen LogP contribution in [0.2, 0.25) is 0 Å². The van der Waals surface area contributed by atoms with Gasteiger partial charge in [0.2, 0.25) is 17.7 Å². The van der Waals surface area contributed by atoms with Gasteiger partial charge in [0.05, 0.1) is 13.7 Å². The highest BCUT2D eigenvalue weighted by Crippen LogP contribution is 2.40. The maximum atomic E-state index is 12.2. The molecule has 0 aliphatic carbocycles. The van der Waals surface area contributed by atoms with Crippen molar-refractivity contribution in [3.8, 4) is 5.88 Å². The zero-order valence-electron chi connectivity index (χ0n) is 15.0. The molecule has 1 spiro atoms. The number of carbonyl (C=O) groups is 1. The van der Waals surface area contributed by atoms with Gasteiger partial charge in [-0.05, 0) is 19.3 Å². The van der Waals surface area contributed by atoms with Gasteiger partial charge in [0.1, 0.15) is 5.82 Å². The standard InChI is InChI=1S/C17H27N5O3/c1-24-9-8-22-12-17(6-4-15(22)23)5-3-7-21(11-17)13-10-14(25-2)20-16(18)19-13/h10H,3-9,11-12H2,1-2H3,(H2,18,19,20)/t17-/m1/s1. The molecule has 25 heavy (non-hydrogen) atoms. The van der Waals surface area contributed by atoms with Gasteiger partial charge in [-0.25, -0.2) is 0 Å². The number of ether oxygens (including phenoxy) is 2. The van der Waals surface area contributed by atoms with Crippen molar-refractivity contribution >= 4 is 17.7 Å². The van der Waals surface area contributed by atoms with Gasteiger partial charge in [-0.1, -0.05) is 0 Å². The maximum absolute atomic E-state index is 12.2. The van der Waals surface area contributed by atoms with E-state index in [4.69, 9.17) is 15.2 Å². The minimum absolute atomic E-state index is 0.104. The molecule has 0 bridgehead atoms. The Balaban J connectivity index is 1.76. The molecule has 0 aromatic carbocycles. The van der Waals surface area contributed by atoms with E-state index in [0.717, 1.165) is 44.7 Å². The van der Waals surface area contributed by atoms with Crippen LogP contribution >= 0.6 is 0 Å². The first-order valence-electron chi connectivity index (χ1n) is 8.75. The SMILES string of the molecule is COCCN1C[C@]2(CCCN(c3cc(OC)nc(N)n3)C2)CCC1=O. The molecule has 3 rings (SSSR count). The van der Waals surface area contributed by atoms with Gasteiger partial charge in [-0.3, -0.25) is 4.79 Å². The summed E-state index contributed by atoms with van der Waals surface area (Å²) in [5, 5.41) is 0. The summed E-state index contributed by atoms with van der Waals surface area (Å²) in [6.07, 6.45) is 3.72. The number of hydrogen-bond acceptors (Lipinski definition) is 7. The Morgan fingerprint density at radius 3 is 2.88 bits per heavy atom. The number of rotatable bonds is 5. The lowest BCUT2D eigenvalue weighted by molar-refractivity contribution is -0.138. The Labute approximate surface area is 148 Å². The number of likely N-dealkylation sites (tertiary alicyclic amines) is 1. The Kier molecular flexibility index (Phi) is 5.27. The summed E-state index contributed by atoms with van der Waals surface area (Å²) < 4.78 is 10.4. The first kappa shape index (κ1) is 17.7. The molecule has 0 radical (unpaired) electrons. The Morgan fingerprint density at radius 2 is 2.12 bits per heavy atom. The number of piperidine rings is 2. The Bertz CT molecular complexity index is 626. The van der Waals surface area contributed by atoms with Crippen molar-refractivity contribution < 1.29 is 14.3 Å². The van der Waals surface area contributed by atoms with Crippen molar-refractivity contribution in [3.63, 3.8) is 0 Å². The summed E-state index contributed by atoms with van der Waals surface area (Å²) in [4.78, 5) is 24.8. The lowest BCUT2D eigenvalue weighted by Crippen LogP contribution is -2.54. The highest BCUT2D eigenvalue weighted by Gasteiger charge is 2.42. The molecule has 2 saturated heterocycles. The smallest absolute Gasteiger partial charge is 0.225 e. The molecule has 0 unspecified atom stereocenters. The van der Waals surface area contributed by atoms with Gasteiger partial charge in [-0.2, -0.15) is 9.97 Å². The number of nitrogens with zero attached hydrogens (tertiary/aromatic N) is 4. The van der Waals surface area contributed by atoms with E-state index in [1.54, 1.807) is 14.2 Å². The molecule has 1 atom stereocenters. The predicted octanol–water partition coefficient (Wildman–Crippen LogP) is 0.923. The van der Waals surface area contributed by atoms with Crippen LogP contribution in [0, 0.1) is 5.41 Å². The third-order valence-corrected chi connectivity index (χ3v) is 5.21. The molecule has 1 aromatic rings. The summed E-state index contributed by atoms with van der Waals surface area (Å²) in [5.74, 6) is 1.72. The van der Waals surface area contributed by atoms with Crippen molar-refractivity contribution in [1.82, 2.24) is 14.9 Å². The summed E-state index contributed by atoms with van der Waals surface area (Å²) in [6, 6.07) is 1.83. The minimum Gasteiger partial charge on any atom is -0.481 e. The van der Waals surface area contributed by atoms with Crippen LogP contribution in [0.5, 0.6) is 5.88 Å². The molecule has 3 heterocycles. The van der Waals surface area contributed by atoms with Gasteiger partial charge < -0.3 is 25.0 Å². The third kappa shape index (κ3) is 3.95. The number of methoxy groups -OCH3 is 2. The molecule has 2 aliphatic heterocycles. The maximum Gasteiger partial charge on any atom is 0.225 e. The van der Waals surface area contributed by atoms with Crippen LogP contribution in [0.15, 0.2) is 6.07 Å².